The molecule has 2 rings (SSSR count). The summed E-state index contributed by atoms with van der Waals surface area (Å²) in [6, 6.07) is 0. The second-order valence-corrected chi connectivity index (χ2v) is 3.55. The Morgan fingerprint density at radius 2 is 2.57 bits per heavy atom. The summed E-state index contributed by atoms with van der Waals surface area (Å²) >= 11 is 0. The van der Waals surface area contributed by atoms with Crippen molar-refractivity contribution in [2.75, 3.05) is 0 Å². The van der Waals surface area contributed by atoms with Crippen molar-refractivity contribution in [3.63, 3.8) is 0 Å². The summed E-state index contributed by atoms with van der Waals surface area (Å²) < 4.78 is 7.04. The van der Waals surface area contributed by atoms with Gasteiger partial charge in [-0.1, -0.05) is 6.92 Å². The van der Waals surface area contributed by atoms with Crippen molar-refractivity contribution in [1.82, 2.24) is 9.78 Å². The number of carbonyl (C=O) groups excluding carboxylic acids is 1. The molecule has 76 valence electrons. The Morgan fingerprint density at radius 3 is 3.21 bits per heavy atom. The quantitative estimate of drug-likeness (QED) is 0.687. The van der Waals surface area contributed by atoms with Crippen LogP contribution in [0.3, 0.4) is 0 Å². The van der Waals surface area contributed by atoms with E-state index in [4.69, 9.17) is 4.74 Å². The van der Waals surface area contributed by atoms with E-state index in [1.165, 1.54) is 0 Å². The Hall–Kier alpha value is -1.32. The molecule has 1 aliphatic heterocycles. The molecule has 0 N–H and O–H groups in total. The van der Waals surface area contributed by atoms with Crippen LogP contribution in [0.15, 0.2) is 12.4 Å². The van der Waals surface area contributed by atoms with Gasteiger partial charge in [0, 0.05) is 24.7 Å². The molecule has 0 bridgehead atoms. The molecule has 0 radical (unpaired) electrons. The van der Waals surface area contributed by atoms with Gasteiger partial charge in [-0.3, -0.25) is 9.48 Å². The highest BCUT2D eigenvalue weighted by Crippen LogP contribution is 2.28. The van der Waals surface area contributed by atoms with E-state index in [2.05, 4.69) is 12.0 Å². The lowest BCUT2D eigenvalue weighted by molar-refractivity contribution is -0.141. The monoisotopic (exact) mass is 194 g/mol. The van der Waals surface area contributed by atoms with E-state index in [0.29, 0.717) is 6.42 Å². The molecule has 14 heavy (non-hydrogen) atoms. The van der Waals surface area contributed by atoms with Crippen LogP contribution in [0.5, 0.6) is 0 Å². The summed E-state index contributed by atoms with van der Waals surface area (Å²) in [7, 11) is 0. The molecule has 0 amide bonds. The minimum Gasteiger partial charge on any atom is -0.457 e. The Labute approximate surface area is 82.9 Å². The molecule has 1 aliphatic rings. The van der Waals surface area contributed by atoms with E-state index < -0.39 is 0 Å². The number of aryl methyl sites for hydroxylation is 1. The fourth-order valence-electron chi connectivity index (χ4n) is 1.66. The van der Waals surface area contributed by atoms with Crippen LogP contribution in [0.2, 0.25) is 0 Å². The number of carbonyl (C=O) groups is 1. The zero-order chi connectivity index (χ0) is 9.97. The first-order chi connectivity index (χ1) is 6.79. The fourth-order valence-corrected chi connectivity index (χ4v) is 1.66. The molecule has 4 heteroatoms. The Kier molecular flexibility index (Phi) is 2.52. The number of cyclic esters (lactones) is 1. The Balaban J connectivity index is 2.05. The lowest BCUT2D eigenvalue weighted by Gasteiger charge is -2.04. The predicted molar refractivity (Wildman–Crippen MR) is 50.6 cm³/mol. The van der Waals surface area contributed by atoms with Gasteiger partial charge in [-0.15, -0.1) is 0 Å². The van der Waals surface area contributed by atoms with Crippen LogP contribution in [0.25, 0.3) is 0 Å². The van der Waals surface area contributed by atoms with E-state index in [-0.39, 0.29) is 12.1 Å². The van der Waals surface area contributed by atoms with E-state index in [0.717, 1.165) is 24.9 Å². The van der Waals surface area contributed by atoms with Crippen LogP contribution >= 0.6 is 0 Å². The molecule has 1 unspecified atom stereocenters. The van der Waals surface area contributed by atoms with E-state index >= 15 is 0 Å². The molecule has 1 aromatic heterocycles. The summed E-state index contributed by atoms with van der Waals surface area (Å²) in [4.78, 5) is 10.9. The maximum atomic E-state index is 10.9. The van der Waals surface area contributed by atoms with Crippen LogP contribution in [-0.2, 0) is 16.1 Å². The molecule has 0 spiro atoms. The number of aromatic nitrogens is 2. The molecular weight excluding hydrogens is 180 g/mol. The lowest BCUT2D eigenvalue weighted by Crippen LogP contribution is -1.98. The van der Waals surface area contributed by atoms with E-state index in [1.807, 2.05) is 10.9 Å². The summed E-state index contributed by atoms with van der Waals surface area (Å²) in [6.07, 6.45) is 6.07. The second kappa shape index (κ2) is 3.82. The van der Waals surface area contributed by atoms with Crippen molar-refractivity contribution in [1.29, 1.82) is 0 Å². The zero-order valence-electron chi connectivity index (χ0n) is 8.27. The molecule has 1 saturated heterocycles. The van der Waals surface area contributed by atoms with Crippen molar-refractivity contribution < 1.29 is 9.53 Å². The normalized spacial score (nSPS) is 21.2. The first-order valence-corrected chi connectivity index (χ1v) is 5.01. The molecule has 0 aromatic carbocycles. The molecule has 1 atom stereocenters. The van der Waals surface area contributed by atoms with Gasteiger partial charge >= 0.3 is 5.97 Å². The molecule has 0 aliphatic carbocycles. The Bertz CT molecular complexity index is 333. The molecule has 1 aromatic rings. The minimum absolute atomic E-state index is 0.0619. The molecule has 4 nitrogen and oxygen atoms in total. The van der Waals surface area contributed by atoms with Gasteiger partial charge in [-0.05, 0) is 12.8 Å². The molecule has 1 fully saturated rings. The standard InChI is InChI=1S/C10H14N2O2/c1-2-5-12-7-8(6-11-12)9-3-4-10(13)14-9/h6-7,9H,2-5H2,1H3. The van der Waals surface area contributed by atoms with Crippen molar-refractivity contribution in [3.05, 3.63) is 18.0 Å². The maximum Gasteiger partial charge on any atom is 0.306 e. The third-order valence-electron chi connectivity index (χ3n) is 2.36. The van der Waals surface area contributed by atoms with Gasteiger partial charge < -0.3 is 4.74 Å². The number of hydrogen-bond donors (Lipinski definition) is 0. The summed E-state index contributed by atoms with van der Waals surface area (Å²) in [5.74, 6) is -0.0989. The van der Waals surface area contributed by atoms with Crippen LogP contribution in [0, 0.1) is 0 Å². The van der Waals surface area contributed by atoms with Gasteiger partial charge in [0.1, 0.15) is 6.10 Å². The van der Waals surface area contributed by atoms with Gasteiger partial charge in [0.25, 0.3) is 0 Å². The maximum absolute atomic E-state index is 10.9. The second-order valence-electron chi connectivity index (χ2n) is 3.55. The van der Waals surface area contributed by atoms with E-state index in [9.17, 15) is 4.79 Å². The third kappa shape index (κ3) is 1.78. The smallest absolute Gasteiger partial charge is 0.306 e. The van der Waals surface area contributed by atoms with Crippen molar-refractivity contribution >= 4 is 5.97 Å². The third-order valence-corrected chi connectivity index (χ3v) is 2.36. The van der Waals surface area contributed by atoms with Crippen molar-refractivity contribution in [3.8, 4) is 0 Å². The minimum atomic E-state index is -0.0989. The van der Waals surface area contributed by atoms with Gasteiger partial charge in [0.15, 0.2) is 0 Å². The highest BCUT2D eigenvalue weighted by molar-refractivity contribution is 5.71. The average molecular weight is 194 g/mol. The first kappa shape index (κ1) is 9.24. The SMILES string of the molecule is CCCn1cc(C2CCC(=O)O2)cn1. The first-order valence-electron chi connectivity index (χ1n) is 5.01. The lowest BCUT2D eigenvalue weighted by atomic mass is 10.1. The zero-order valence-corrected chi connectivity index (χ0v) is 8.27. The average Bonchev–Trinajstić information content (AvgIpc) is 2.74. The van der Waals surface area contributed by atoms with Crippen LogP contribution in [0.4, 0.5) is 0 Å². The van der Waals surface area contributed by atoms with Gasteiger partial charge in [0.05, 0.1) is 6.20 Å². The highest BCUT2D eigenvalue weighted by Gasteiger charge is 2.25. The van der Waals surface area contributed by atoms with Crippen LogP contribution < -0.4 is 0 Å². The summed E-state index contributed by atoms with van der Waals surface area (Å²) in [5, 5.41) is 4.20. The van der Waals surface area contributed by atoms with Gasteiger partial charge in [0.2, 0.25) is 0 Å². The van der Waals surface area contributed by atoms with Crippen LogP contribution in [0.1, 0.15) is 37.9 Å². The number of ether oxygens (including phenoxy) is 1. The van der Waals surface area contributed by atoms with Gasteiger partial charge in [-0.2, -0.15) is 5.10 Å². The highest BCUT2D eigenvalue weighted by atomic mass is 16.5. The number of esters is 1. The Morgan fingerprint density at radius 1 is 1.71 bits per heavy atom. The summed E-state index contributed by atoms with van der Waals surface area (Å²) in [6.45, 7) is 3.03. The number of nitrogens with zero attached hydrogens (tertiary/aromatic N) is 2. The van der Waals surface area contributed by atoms with Crippen LogP contribution in [-0.4, -0.2) is 15.7 Å². The molecular formula is C10H14N2O2. The topological polar surface area (TPSA) is 44.1 Å². The largest absolute Gasteiger partial charge is 0.457 e. The predicted octanol–water partition coefficient (Wildman–Crippen LogP) is 1.67. The van der Waals surface area contributed by atoms with Crippen molar-refractivity contribution in [2.24, 2.45) is 0 Å². The molecule has 0 saturated carbocycles. The number of rotatable bonds is 3. The summed E-state index contributed by atoms with van der Waals surface area (Å²) in [5.41, 5.74) is 1.02. The fraction of sp³-hybridized carbons (Fsp3) is 0.600. The molecule has 2 heterocycles. The van der Waals surface area contributed by atoms with E-state index in [1.54, 1.807) is 6.20 Å². The van der Waals surface area contributed by atoms with Crippen molar-refractivity contribution in [2.45, 2.75) is 38.8 Å². The number of hydrogen-bond acceptors (Lipinski definition) is 3. The van der Waals surface area contributed by atoms with Gasteiger partial charge in [-0.25, -0.2) is 0 Å².